The highest BCUT2D eigenvalue weighted by molar-refractivity contribution is 7.89. The van der Waals surface area contributed by atoms with Crippen LogP contribution in [0.5, 0.6) is 0 Å². The fourth-order valence-corrected chi connectivity index (χ4v) is 4.51. The lowest BCUT2D eigenvalue weighted by molar-refractivity contribution is 0.181. The van der Waals surface area contributed by atoms with E-state index in [9.17, 15) is 12.8 Å². The van der Waals surface area contributed by atoms with Crippen LogP contribution in [0.1, 0.15) is 5.56 Å². The van der Waals surface area contributed by atoms with Gasteiger partial charge < -0.3 is 0 Å². The fraction of sp³-hybridized carbons (Fsp3) is 0.294. The predicted molar refractivity (Wildman–Crippen MR) is 91.9 cm³/mol. The molecule has 0 amide bonds. The molecule has 0 aromatic heterocycles. The molecule has 0 unspecified atom stereocenters. The second kappa shape index (κ2) is 7.19. The molecule has 2 aromatic rings. The average Bonchev–Trinajstić information content (AvgIpc) is 2.55. The van der Waals surface area contributed by atoms with Gasteiger partial charge in [-0.15, -0.1) is 0 Å². The van der Waals surface area contributed by atoms with E-state index in [1.165, 1.54) is 28.6 Å². The molecule has 128 valence electrons. The molecule has 1 saturated heterocycles. The molecular weight excluding hydrogens is 351 g/mol. The molecular formula is C17H18ClFN2O2S. The highest BCUT2D eigenvalue weighted by atomic mass is 35.5. The van der Waals surface area contributed by atoms with E-state index in [1.54, 1.807) is 0 Å². The number of hydrogen-bond donors (Lipinski definition) is 0. The zero-order valence-electron chi connectivity index (χ0n) is 13.0. The van der Waals surface area contributed by atoms with Crippen LogP contribution in [0.2, 0.25) is 5.02 Å². The van der Waals surface area contributed by atoms with E-state index < -0.39 is 15.8 Å². The molecule has 7 heteroatoms. The van der Waals surface area contributed by atoms with Crippen LogP contribution in [0.4, 0.5) is 4.39 Å². The smallest absolute Gasteiger partial charge is 0.246 e. The third-order valence-electron chi connectivity index (χ3n) is 4.08. The molecule has 0 saturated carbocycles. The van der Waals surface area contributed by atoms with Gasteiger partial charge in [-0.25, -0.2) is 12.8 Å². The third kappa shape index (κ3) is 3.78. The minimum absolute atomic E-state index is 0.256. The van der Waals surface area contributed by atoms with Gasteiger partial charge in [-0.2, -0.15) is 4.31 Å². The lowest BCUT2D eigenvalue weighted by Crippen LogP contribution is -2.48. The van der Waals surface area contributed by atoms with Crippen molar-refractivity contribution < 1.29 is 12.8 Å². The van der Waals surface area contributed by atoms with Gasteiger partial charge in [0.25, 0.3) is 0 Å². The van der Waals surface area contributed by atoms with Crippen LogP contribution < -0.4 is 0 Å². The molecule has 1 aliphatic heterocycles. The summed E-state index contributed by atoms with van der Waals surface area (Å²) in [4.78, 5) is 1.91. The average molecular weight is 369 g/mol. The summed E-state index contributed by atoms with van der Waals surface area (Å²) in [6.07, 6.45) is 0. The molecule has 24 heavy (non-hydrogen) atoms. The molecule has 0 atom stereocenters. The Morgan fingerprint density at radius 1 is 1.00 bits per heavy atom. The molecule has 1 aliphatic rings. The van der Waals surface area contributed by atoms with Crippen LogP contribution in [0.3, 0.4) is 0 Å². The van der Waals surface area contributed by atoms with E-state index in [0.29, 0.717) is 37.7 Å². The minimum Gasteiger partial charge on any atom is -0.296 e. The molecule has 0 N–H and O–H groups in total. The van der Waals surface area contributed by atoms with Crippen molar-refractivity contribution in [2.75, 3.05) is 26.2 Å². The van der Waals surface area contributed by atoms with Crippen molar-refractivity contribution >= 4 is 21.6 Å². The van der Waals surface area contributed by atoms with Gasteiger partial charge in [0.1, 0.15) is 10.7 Å². The Balaban J connectivity index is 1.66. The first-order valence-corrected chi connectivity index (χ1v) is 9.50. The number of hydrogen-bond acceptors (Lipinski definition) is 3. The molecule has 3 rings (SSSR count). The normalized spacial score (nSPS) is 17.1. The van der Waals surface area contributed by atoms with Crippen molar-refractivity contribution in [1.82, 2.24) is 9.21 Å². The van der Waals surface area contributed by atoms with Crippen molar-refractivity contribution in [2.24, 2.45) is 0 Å². The summed E-state index contributed by atoms with van der Waals surface area (Å²) < 4.78 is 40.3. The maximum absolute atomic E-state index is 13.8. The van der Waals surface area contributed by atoms with Crippen LogP contribution in [0.15, 0.2) is 53.4 Å². The van der Waals surface area contributed by atoms with E-state index in [-0.39, 0.29) is 4.90 Å². The number of piperazine rings is 1. The van der Waals surface area contributed by atoms with Gasteiger partial charge >= 0.3 is 0 Å². The predicted octanol–water partition coefficient (Wildman–Crippen LogP) is 2.99. The SMILES string of the molecule is O=S(=O)(c1ccccc1F)N1CCN(Cc2cccc(Cl)c2)CC1. The second-order valence-electron chi connectivity index (χ2n) is 5.74. The van der Waals surface area contributed by atoms with Crippen LogP contribution in [0, 0.1) is 5.82 Å². The van der Waals surface area contributed by atoms with Gasteiger partial charge in [-0.1, -0.05) is 35.9 Å². The minimum atomic E-state index is -3.79. The molecule has 0 radical (unpaired) electrons. The van der Waals surface area contributed by atoms with E-state index in [2.05, 4.69) is 4.90 Å². The van der Waals surface area contributed by atoms with Crippen molar-refractivity contribution in [3.05, 3.63) is 64.9 Å². The fourth-order valence-electron chi connectivity index (χ4n) is 2.81. The summed E-state index contributed by atoms with van der Waals surface area (Å²) in [5, 5.41) is 0.688. The largest absolute Gasteiger partial charge is 0.296 e. The van der Waals surface area contributed by atoms with Gasteiger partial charge in [0.2, 0.25) is 10.0 Å². The lowest BCUT2D eigenvalue weighted by atomic mass is 10.2. The topological polar surface area (TPSA) is 40.6 Å². The molecule has 0 bridgehead atoms. The maximum Gasteiger partial charge on any atom is 0.246 e. The first-order chi connectivity index (χ1) is 11.5. The quantitative estimate of drug-likeness (QED) is 0.833. The summed E-state index contributed by atoms with van der Waals surface area (Å²) >= 11 is 5.99. The van der Waals surface area contributed by atoms with Crippen LogP contribution in [-0.2, 0) is 16.6 Å². The number of nitrogens with zero attached hydrogens (tertiary/aromatic N) is 2. The highest BCUT2D eigenvalue weighted by Gasteiger charge is 2.30. The Labute approximate surface area is 146 Å². The first-order valence-electron chi connectivity index (χ1n) is 7.68. The molecule has 4 nitrogen and oxygen atoms in total. The van der Waals surface area contributed by atoms with E-state index in [4.69, 9.17) is 11.6 Å². The molecule has 2 aromatic carbocycles. The molecule has 0 aliphatic carbocycles. The number of sulfonamides is 1. The van der Waals surface area contributed by atoms with Gasteiger partial charge in [0.15, 0.2) is 0 Å². The Hall–Kier alpha value is -1.47. The number of benzene rings is 2. The molecule has 0 spiro atoms. The Kier molecular flexibility index (Phi) is 5.20. The number of halogens is 2. The van der Waals surface area contributed by atoms with Crippen molar-refractivity contribution in [3.63, 3.8) is 0 Å². The van der Waals surface area contributed by atoms with Crippen molar-refractivity contribution in [3.8, 4) is 0 Å². The highest BCUT2D eigenvalue weighted by Crippen LogP contribution is 2.21. The molecule has 1 fully saturated rings. The Morgan fingerprint density at radius 3 is 2.38 bits per heavy atom. The van der Waals surface area contributed by atoms with Gasteiger partial charge in [-0.3, -0.25) is 4.90 Å². The lowest BCUT2D eigenvalue weighted by Gasteiger charge is -2.34. The van der Waals surface area contributed by atoms with E-state index in [1.807, 2.05) is 24.3 Å². The van der Waals surface area contributed by atoms with Gasteiger partial charge in [-0.05, 0) is 29.8 Å². The van der Waals surface area contributed by atoms with Gasteiger partial charge in [0, 0.05) is 37.7 Å². The van der Waals surface area contributed by atoms with Crippen molar-refractivity contribution in [2.45, 2.75) is 11.4 Å². The van der Waals surface area contributed by atoms with E-state index >= 15 is 0 Å². The second-order valence-corrected chi connectivity index (χ2v) is 8.08. The van der Waals surface area contributed by atoms with Crippen molar-refractivity contribution in [1.29, 1.82) is 0 Å². The zero-order chi connectivity index (χ0) is 17.2. The maximum atomic E-state index is 13.8. The third-order valence-corrected chi connectivity index (χ3v) is 6.25. The van der Waals surface area contributed by atoms with Crippen LogP contribution in [0.25, 0.3) is 0 Å². The van der Waals surface area contributed by atoms with Gasteiger partial charge in [0.05, 0.1) is 0 Å². The molecule has 1 heterocycles. The monoisotopic (exact) mass is 368 g/mol. The summed E-state index contributed by atoms with van der Waals surface area (Å²) in [6, 6.07) is 13.1. The van der Waals surface area contributed by atoms with Crippen LogP contribution >= 0.6 is 11.6 Å². The summed E-state index contributed by atoms with van der Waals surface area (Å²) in [5.74, 6) is -0.709. The summed E-state index contributed by atoms with van der Waals surface area (Å²) in [6.45, 7) is 2.60. The van der Waals surface area contributed by atoms with E-state index in [0.717, 1.165) is 5.56 Å². The summed E-state index contributed by atoms with van der Waals surface area (Å²) in [5.41, 5.74) is 1.09. The summed E-state index contributed by atoms with van der Waals surface area (Å²) in [7, 11) is -3.79. The van der Waals surface area contributed by atoms with Crippen LogP contribution in [-0.4, -0.2) is 43.8 Å². The Bertz CT molecular complexity index is 821. The Morgan fingerprint density at radius 2 is 1.71 bits per heavy atom. The zero-order valence-corrected chi connectivity index (χ0v) is 14.6. The number of rotatable bonds is 4. The standard InChI is InChI=1S/C17H18ClFN2O2S/c18-15-5-3-4-14(12-15)13-20-8-10-21(11-9-20)24(22,23)17-7-2-1-6-16(17)19/h1-7,12H,8-11,13H2. The first kappa shape index (κ1) is 17.4.